The Bertz CT molecular complexity index is 878. The van der Waals surface area contributed by atoms with Crippen molar-refractivity contribution in [2.45, 2.75) is 19.3 Å². The fraction of sp³-hybridized carbons (Fsp3) is 0.438. The number of para-hydroxylation sites is 1. The van der Waals surface area contributed by atoms with Crippen LogP contribution in [0.4, 0.5) is 5.69 Å². The molecule has 1 aromatic heterocycles. The van der Waals surface area contributed by atoms with Gasteiger partial charge in [-0.2, -0.15) is 8.42 Å². The molecule has 8 heteroatoms. The van der Waals surface area contributed by atoms with Crippen LogP contribution in [0.2, 0.25) is 0 Å². The van der Waals surface area contributed by atoms with Crippen molar-refractivity contribution < 1.29 is 8.42 Å². The van der Waals surface area contributed by atoms with Crippen LogP contribution < -0.4 is 20.3 Å². The molecule has 1 saturated heterocycles. The molecule has 1 atom stereocenters. The van der Waals surface area contributed by atoms with Gasteiger partial charge in [-0.05, 0) is 31.2 Å². The van der Waals surface area contributed by atoms with E-state index in [1.165, 1.54) is 0 Å². The lowest BCUT2D eigenvalue weighted by atomic mass is 10.0. The van der Waals surface area contributed by atoms with Crippen molar-refractivity contribution in [1.82, 2.24) is 9.71 Å². The topological polar surface area (TPSA) is 108 Å². The van der Waals surface area contributed by atoms with Crippen LogP contribution in [0.5, 0.6) is 0 Å². The molecule has 0 spiro atoms. The van der Waals surface area contributed by atoms with Crippen LogP contribution >= 0.6 is 0 Å². The number of nitrogens with one attached hydrogen (secondary N) is 2. The first kappa shape index (κ1) is 16.9. The predicted octanol–water partition coefficient (Wildman–Crippen LogP) is 0.928. The molecule has 7 nitrogen and oxygen atoms in total. The molecule has 1 aliphatic rings. The van der Waals surface area contributed by atoms with Crippen LogP contribution in [0.25, 0.3) is 10.9 Å². The van der Waals surface area contributed by atoms with E-state index in [0.29, 0.717) is 6.54 Å². The van der Waals surface area contributed by atoms with Crippen LogP contribution in [-0.4, -0.2) is 33.0 Å². The number of pyridine rings is 1. The van der Waals surface area contributed by atoms with E-state index in [1.54, 1.807) is 6.07 Å². The third-order valence-corrected chi connectivity index (χ3v) is 5.06. The first-order valence-electron chi connectivity index (χ1n) is 8.07. The van der Waals surface area contributed by atoms with Crippen molar-refractivity contribution in [2.24, 2.45) is 11.1 Å². The molecule has 2 heterocycles. The van der Waals surface area contributed by atoms with Gasteiger partial charge in [-0.1, -0.05) is 18.2 Å². The Balaban J connectivity index is 1.78. The van der Waals surface area contributed by atoms with Gasteiger partial charge in [-0.25, -0.2) is 9.86 Å². The van der Waals surface area contributed by atoms with Crippen LogP contribution in [0.1, 0.15) is 19.3 Å². The van der Waals surface area contributed by atoms with E-state index < -0.39 is 10.2 Å². The van der Waals surface area contributed by atoms with Gasteiger partial charge < -0.3 is 9.88 Å². The zero-order chi connectivity index (χ0) is 17.2. The van der Waals surface area contributed by atoms with Crippen LogP contribution in [0.15, 0.2) is 35.1 Å². The van der Waals surface area contributed by atoms with Crippen molar-refractivity contribution in [3.8, 4) is 0 Å². The van der Waals surface area contributed by atoms with Gasteiger partial charge in [0.2, 0.25) is 5.56 Å². The lowest BCUT2D eigenvalue weighted by Gasteiger charge is -2.24. The number of nitrogens with two attached hydrogens (primary N) is 1. The fourth-order valence-corrected chi connectivity index (χ4v) is 3.76. The first-order chi connectivity index (χ1) is 11.4. The number of hydrogen-bond donors (Lipinski definition) is 3. The molecule has 0 saturated carbocycles. The fourth-order valence-electron chi connectivity index (χ4n) is 3.29. The molecule has 1 unspecified atom stereocenters. The number of anilines is 1. The molecule has 1 fully saturated rings. The quantitative estimate of drug-likeness (QED) is 0.762. The summed E-state index contributed by atoms with van der Waals surface area (Å²) in [5, 5.41) is 6.03. The molecule has 0 bridgehead atoms. The second-order valence-electron chi connectivity index (χ2n) is 6.24. The molecule has 24 heavy (non-hydrogen) atoms. The molecule has 0 radical (unpaired) electrons. The summed E-state index contributed by atoms with van der Waals surface area (Å²) in [6, 6.07) is 9.41. The van der Waals surface area contributed by atoms with Gasteiger partial charge in [0, 0.05) is 31.1 Å². The highest BCUT2D eigenvalue weighted by molar-refractivity contribution is 7.87. The summed E-state index contributed by atoms with van der Waals surface area (Å²) >= 11 is 0. The summed E-state index contributed by atoms with van der Waals surface area (Å²) in [5.41, 5.74) is 1.66. The summed E-state index contributed by atoms with van der Waals surface area (Å²) in [5.74, 6) is 0.251. The van der Waals surface area contributed by atoms with Crippen LogP contribution in [0, 0.1) is 5.92 Å². The highest BCUT2D eigenvalue weighted by Gasteiger charge is 2.20. The summed E-state index contributed by atoms with van der Waals surface area (Å²) < 4.78 is 24.5. The van der Waals surface area contributed by atoms with E-state index >= 15 is 0 Å². The largest absolute Gasteiger partial charge is 0.371 e. The minimum atomic E-state index is -3.64. The number of hydrogen-bond acceptors (Lipinski definition) is 4. The number of H-pyrrole nitrogens is 1. The van der Waals surface area contributed by atoms with Crippen molar-refractivity contribution in [3.63, 3.8) is 0 Å². The van der Waals surface area contributed by atoms with Crippen molar-refractivity contribution in [2.75, 3.05) is 24.5 Å². The van der Waals surface area contributed by atoms with E-state index in [-0.39, 0.29) is 11.5 Å². The summed E-state index contributed by atoms with van der Waals surface area (Å²) in [4.78, 5) is 17.0. The average molecular weight is 350 g/mol. The lowest BCUT2D eigenvalue weighted by Crippen LogP contribution is -2.35. The number of benzene rings is 1. The zero-order valence-electron chi connectivity index (χ0n) is 13.4. The SMILES string of the molecule is NS(=O)(=O)NCC1CCCN(c2cc(=O)[nH]c3ccccc23)CC1. The smallest absolute Gasteiger partial charge is 0.274 e. The Morgan fingerprint density at radius 3 is 2.83 bits per heavy atom. The molecule has 0 aliphatic carbocycles. The third kappa shape index (κ3) is 4.14. The highest BCUT2D eigenvalue weighted by atomic mass is 32.2. The molecular formula is C16H22N4O3S. The van der Waals surface area contributed by atoms with Gasteiger partial charge in [0.1, 0.15) is 0 Å². The second-order valence-corrected chi connectivity index (χ2v) is 7.62. The second kappa shape index (κ2) is 6.92. The maximum absolute atomic E-state index is 11.9. The molecular weight excluding hydrogens is 328 g/mol. The molecule has 4 N–H and O–H groups in total. The van der Waals surface area contributed by atoms with E-state index in [4.69, 9.17) is 5.14 Å². The number of aromatic amines is 1. The number of fused-ring (bicyclic) bond motifs is 1. The van der Waals surface area contributed by atoms with Crippen molar-refractivity contribution >= 4 is 26.8 Å². The summed E-state index contributed by atoms with van der Waals surface area (Å²) in [6.07, 6.45) is 2.72. The van der Waals surface area contributed by atoms with Gasteiger partial charge in [0.05, 0.1) is 11.2 Å². The molecule has 1 aromatic carbocycles. The molecule has 3 rings (SSSR count). The van der Waals surface area contributed by atoms with E-state index in [2.05, 4.69) is 14.6 Å². The van der Waals surface area contributed by atoms with Crippen LogP contribution in [0.3, 0.4) is 0 Å². The number of rotatable bonds is 4. The van der Waals surface area contributed by atoms with Crippen molar-refractivity contribution in [1.29, 1.82) is 0 Å². The minimum absolute atomic E-state index is 0.111. The molecule has 1 aliphatic heterocycles. The van der Waals surface area contributed by atoms with Gasteiger partial charge >= 0.3 is 0 Å². The number of nitrogens with zero attached hydrogens (tertiary/aromatic N) is 1. The third-order valence-electron chi connectivity index (χ3n) is 4.49. The minimum Gasteiger partial charge on any atom is -0.371 e. The van der Waals surface area contributed by atoms with E-state index in [1.807, 2.05) is 24.3 Å². The van der Waals surface area contributed by atoms with Gasteiger partial charge in [0.15, 0.2) is 0 Å². The molecule has 0 amide bonds. The van der Waals surface area contributed by atoms with Gasteiger partial charge in [-0.3, -0.25) is 4.79 Å². The average Bonchev–Trinajstić information content (AvgIpc) is 2.77. The zero-order valence-corrected chi connectivity index (χ0v) is 14.2. The van der Waals surface area contributed by atoms with Crippen molar-refractivity contribution in [3.05, 3.63) is 40.7 Å². The Kier molecular flexibility index (Phi) is 4.88. The van der Waals surface area contributed by atoms with Gasteiger partial charge in [-0.15, -0.1) is 0 Å². The maximum atomic E-state index is 11.9. The predicted molar refractivity (Wildman–Crippen MR) is 95.2 cm³/mol. The Morgan fingerprint density at radius 1 is 1.25 bits per heavy atom. The Hall–Kier alpha value is -1.90. The monoisotopic (exact) mass is 350 g/mol. The number of aromatic nitrogens is 1. The summed E-state index contributed by atoms with van der Waals surface area (Å²) in [6.45, 7) is 1.99. The highest BCUT2D eigenvalue weighted by Crippen LogP contribution is 2.27. The maximum Gasteiger partial charge on any atom is 0.274 e. The molecule has 130 valence electrons. The first-order valence-corrected chi connectivity index (χ1v) is 9.61. The molecule has 2 aromatic rings. The Morgan fingerprint density at radius 2 is 2.04 bits per heavy atom. The van der Waals surface area contributed by atoms with E-state index in [0.717, 1.165) is 48.9 Å². The van der Waals surface area contributed by atoms with Crippen LogP contribution in [-0.2, 0) is 10.2 Å². The lowest BCUT2D eigenvalue weighted by molar-refractivity contribution is 0.463. The normalized spacial score (nSPS) is 19.4. The standard InChI is InChI=1S/C16H22N4O3S/c17-24(22,23)18-11-12-4-3-8-20(9-7-12)15-10-16(21)19-14-6-2-1-5-13(14)15/h1-2,5-6,10,12,18H,3-4,7-9,11H2,(H,19,21)(H2,17,22,23). The van der Waals surface area contributed by atoms with Gasteiger partial charge in [0.25, 0.3) is 10.2 Å². The summed E-state index contributed by atoms with van der Waals surface area (Å²) in [7, 11) is -3.64. The van der Waals surface area contributed by atoms with E-state index in [9.17, 15) is 13.2 Å². The Labute approximate surface area is 141 Å².